The number of rotatable bonds is 7. The van der Waals surface area contributed by atoms with Crippen molar-refractivity contribution in [3.05, 3.63) is 30.3 Å². The predicted octanol–water partition coefficient (Wildman–Crippen LogP) is 1.34. The average Bonchev–Trinajstić information content (AvgIpc) is 3.21. The Labute approximate surface area is 107 Å². The van der Waals surface area contributed by atoms with Crippen LogP contribution >= 0.6 is 0 Å². The van der Waals surface area contributed by atoms with E-state index in [2.05, 4.69) is 5.32 Å². The summed E-state index contributed by atoms with van der Waals surface area (Å²) in [4.78, 5) is 11.5. The summed E-state index contributed by atoms with van der Waals surface area (Å²) in [6.45, 7) is 0.713. The van der Waals surface area contributed by atoms with Gasteiger partial charge in [-0.05, 0) is 30.9 Å². The number of aliphatic hydroxyl groups excluding tert-OH is 1. The number of aliphatic hydroxyl groups is 1. The molecule has 1 aromatic carbocycles. The van der Waals surface area contributed by atoms with Crippen LogP contribution in [0.1, 0.15) is 19.3 Å². The van der Waals surface area contributed by atoms with Crippen molar-refractivity contribution in [1.82, 2.24) is 5.32 Å². The van der Waals surface area contributed by atoms with Crippen molar-refractivity contribution in [2.45, 2.75) is 25.4 Å². The number of benzene rings is 1. The molecule has 1 unspecified atom stereocenters. The maximum absolute atomic E-state index is 11.5. The first-order valence-corrected chi connectivity index (χ1v) is 6.38. The molecule has 4 heteroatoms. The molecule has 0 radical (unpaired) electrons. The van der Waals surface area contributed by atoms with Crippen LogP contribution in [0, 0.1) is 5.92 Å². The summed E-state index contributed by atoms with van der Waals surface area (Å²) < 4.78 is 5.42. The minimum Gasteiger partial charge on any atom is -0.493 e. The van der Waals surface area contributed by atoms with Gasteiger partial charge in [-0.1, -0.05) is 18.2 Å². The first-order chi connectivity index (χ1) is 8.75. The van der Waals surface area contributed by atoms with Crippen LogP contribution in [0.15, 0.2) is 30.3 Å². The second-order valence-corrected chi connectivity index (χ2v) is 4.62. The molecule has 0 spiro atoms. The number of carbonyl (C=O) groups excluding carboxylic acids is 1. The van der Waals surface area contributed by atoms with Crippen LogP contribution < -0.4 is 10.1 Å². The van der Waals surface area contributed by atoms with Crippen molar-refractivity contribution in [2.75, 3.05) is 13.2 Å². The van der Waals surface area contributed by atoms with Gasteiger partial charge < -0.3 is 15.2 Å². The molecular formula is C14H19NO3. The van der Waals surface area contributed by atoms with E-state index < -0.39 is 0 Å². The maximum atomic E-state index is 11.5. The summed E-state index contributed by atoms with van der Waals surface area (Å²) in [5.74, 6) is 1.08. The fourth-order valence-electron chi connectivity index (χ4n) is 1.73. The van der Waals surface area contributed by atoms with Crippen LogP contribution in [0.3, 0.4) is 0 Å². The smallest absolute Gasteiger partial charge is 0.223 e. The maximum Gasteiger partial charge on any atom is 0.223 e. The zero-order valence-electron chi connectivity index (χ0n) is 10.3. The van der Waals surface area contributed by atoms with Gasteiger partial charge in [-0.3, -0.25) is 4.79 Å². The fraction of sp³-hybridized carbons (Fsp3) is 0.500. The van der Waals surface area contributed by atoms with Gasteiger partial charge in [0.05, 0.1) is 19.1 Å². The Balaban J connectivity index is 1.57. The van der Waals surface area contributed by atoms with Crippen LogP contribution in [0.2, 0.25) is 0 Å². The van der Waals surface area contributed by atoms with Gasteiger partial charge in [-0.15, -0.1) is 0 Å². The molecule has 1 aromatic rings. The molecule has 0 saturated heterocycles. The highest BCUT2D eigenvalue weighted by Gasteiger charge is 2.29. The normalized spacial score (nSPS) is 16.1. The van der Waals surface area contributed by atoms with Crippen molar-refractivity contribution >= 4 is 5.91 Å². The molecule has 98 valence electrons. The minimum atomic E-state index is -0.385. The highest BCUT2D eigenvalue weighted by atomic mass is 16.5. The molecule has 1 aliphatic carbocycles. The van der Waals surface area contributed by atoms with Crippen LogP contribution in [-0.2, 0) is 4.79 Å². The molecule has 18 heavy (non-hydrogen) atoms. The molecule has 0 aromatic heterocycles. The summed E-state index contributed by atoms with van der Waals surface area (Å²) in [6, 6.07) is 9.41. The zero-order valence-corrected chi connectivity index (χ0v) is 10.3. The Kier molecular flexibility index (Phi) is 4.59. The number of amides is 1. The summed E-state index contributed by atoms with van der Waals surface area (Å²) in [6.07, 6.45) is 2.08. The number of nitrogens with one attached hydrogen (secondary N) is 1. The lowest BCUT2D eigenvalue weighted by molar-refractivity contribution is -0.122. The number of hydrogen-bond donors (Lipinski definition) is 2. The standard InChI is InChI=1S/C14H19NO3/c16-13(11-6-7-11)10-15-14(17)8-9-18-12-4-2-1-3-5-12/h1-5,11,13,16H,6-10H2,(H,15,17). The molecule has 1 amide bonds. The molecule has 4 nitrogen and oxygen atoms in total. The Morgan fingerprint density at radius 2 is 2.11 bits per heavy atom. The second-order valence-electron chi connectivity index (χ2n) is 4.62. The minimum absolute atomic E-state index is 0.0781. The molecule has 1 atom stereocenters. The van der Waals surface area contributed by atoms with E-state index in [1.54, 1.807) is 0 Å². The molecule has 0 heterocycles. The predicted molar refractivity (Wildman–Crippen MR) is 68.3 cm³/mol. The van der Waals surface area contributed by atoms with Gasteiger partial charge in [-0.25, -0.2) is 0 Å². The summed E-state index contributed by atoms with van der Waals surface area (Å²) in [7, 11) is 0. The van der Waals surface area contributed by atoms with Crippen LogP contribution in [0.5, 0.6) is 5.75 Å². The van der Waals surface area contributed by atoms with Crippen molar-refractivity contribution in [3.8, 4) is 5.75 Å². The third kappa shape index (κ3) is 4.37. The lowest BCUT2D eigenvalue weighted by atomic mass is 10.2. The largest absolute Gasteiger partial charge is 0.493 e. The second kappa shape index (κ2) is 6.40. The van der Waals surface area contributed by atoms with Gasteiger partial charge in [0.25, 0.3) is 0 Å². The van der Waals surface area contributed by atoms with E-state index in [4.69, 9.17) is 4.74 Å². The first-order valence-electron chi connectivity index (χ1n) is 6.38. The lowest BCUT2D eigenvalue weighted by Crippen LogP contribution is -2.33. The first kappa shape index (κ1) is 12.9. The Bertz CT molecular complexity index is 376. The average molecular weight is 249 g/mol. The number of carbonyl (C=O) groups is 1. The SMILES string of the molecule is O=C(CCOc1ccccc1)NCC(O)C1CC1. The summed E-state index contributed by atoms with van der Waals surface area (Å²) in [5, 5.41) is 12.3. The third-order valence-electron chi connectivity index (χ3n) is 3.02. The van der Waals surface area contributed by atoms with Crippen molar-refractivity contribution < 1.29 is 14.6 Å². The van der Waals surface area contributed by atoms with E-state index in [1.807, 2.05) is 30.3 Å². The molecule has 1 saturated carbocycles. The highest BCUT2D eigenvalue weighted by Crippen LogP contribution is 2.32. The molecule has 0 bridgehead atoms. The fourth-order valence-corrected chi connectivity index (χ4v) is 1.73. The van der Waals surface area contributed by atoms with Gasteiger partial charge >= 0.3 is 0 Å². The Morgan fingerprint density at radius 1 is 1.39 bits per heavy atom. The van der Waals surface area contributed by atoms with Crippen LogP contribution in [0.25, 0.3) is 0 Å². The monoisotopic (exact) mass is 249 g/mol. The summed E-state index contributed by atoms with van der Waals surface area (Å²) >= 11 is 0. The number of hydrogen-bond acceptors (Lipinski definition) is 3. The van der Waals surface area contributed by atoms with Gasteiger partial charge in [-0.2, -0.15) is 0 Å². The number of para-hydroxylation sites is 1. The molecule has 0 aliphatic heterocycles. The topological polar surface area (TPSA) is 58.6 Å². The van der Waals surface area contributed by atoms with Gasteiger partial charge in [0.1, 0.15) is 5.75 Å². The van der Waals surface area contributed by atoms with E-state index in [-0.39, 0.29) is 12.0 Å². The zero-order chi connectivity index (χ0) is 12.8. The summed E-state index contributed by atoms with van der Waals surface area (Å²) in [5.41, 5.74) is 0. The highest BCUT2D eigenvalue weighted by molar-refractivity contribution is 5.76. The van der Waals surface area contributed by atoms with Crippen LogP contribution in [0.4, 0.5) is 0 Å². The van der Waals surface area contributed by atoms with Crippen LogP contribution in [-0.4, -0.2) is 30.3 Å². The molecule has 1 aliphatic rings. The van der Waals surface area contributed by atoms with E-state index >= 15 is 0 Å². The molecular weight excluding hydrogens is 230 g/mol. The Morgan fingerprint density at radius 3 is 2.78 bits per heavy atom. The van der Waals surface area contributed by atoms with Gasteiger partial charge in [0.15, 0.2) is 0 Å². The molecule has 2 rings (SSSR count). The Hall–Kier alpha value is -1.55. The van der Waals surface area contributed by atoms with Gasteiger partial charge in [0, 0.05) is 6.54 Å². The quantitative estimate of drug-likeness (QED) is 0.766. The van der Waals surface area contributed by atoms with E-state index in [0.717, 1.165) is 18.6 Å². The molecule has 1 fully saturated rings. The third-order valence-corrected chi connectivity index (χ3v) is 3.02. The van der Waals surface area contributed by atoms with Gasteiger partial charge in [0.2, 0.25) is 5.91 Å². The van der Waals surface area contributed by atoms with Crippen molar-refractivity contribution in [3.63, 3.8) is 0 Å². The number of ether oxygens (including phenoxy) is 1. The van der Waals surface area contributed by atoms with Crippen molar-refractivity contribution in [1.29, 1.82) is 0 Å². The van der Waals surface area contributed by atoms with E-state index in [1.165, 1.54) is 0 Å². The lowest BCUT2D eigenvalue weighted by Gasteiger charge is -2.11. The van der Waals surface area contributed by atoms with E-state index in [9.17, 15) is 9.90 Å². The van der Waals surface area contributed by atoms with Crippen molar-refractivity contribution in [2.24, 2.45) is 5.92 Å². The molecule has 2 N–H and O–H groups in total. The van der Waals surface area contributed by atoms with E-state index in [0.29, 0.717) is 25.5 Å².